The number of nitrogens with one attached hydrogen (secondary N) is 1. The lowest BCUT2D eigenvalue weighted by molar-refractivity contribution is -0.140. The van der Waals surface area contributed by atoms with Gasteiger partial charge in [-0.3, -0.25) is 4.79 Å². The minimum absolute atomic E-state index is 0.0670. The molecule has 2 N–H and O–H groups in total. The topological polar surface area (TPSA) is 69.6 Å². The van der Waals surface area contributed by atoms with E-state index in [0.717, 1.165) is 25.9 Å². The number of likely N-dealkylation sites (tertiary alicyclic amines) is 1. The molecule has 2 amide bonds. The fraction of sp³-hybridized carbons (Fsp3) is 0.692. The van der Waals surface area contributed by atoms with Crippen LogP contribution in [0.4, 0.5) is 4.79 Å². The van der Waals surface area contributed by atoms with E-state index >= 15 is 0 Å². The lowest BCUT2D eigenvalue weighted by atomic mass is 10.00. The van der Waals surface area contributed by atoms with Gasteiger partial charge in [-0.25, -0.2) is 4.79 Å². The van der Waals surface area contributed by atoms with Gasteiger partial charge in [-0.15, -0.1) is 0 Å². The molecule has 0 aromatic heterocycles. The summed E-state index contributed by atoms with van der Waals surface area (Å²) in [5.74, 6) is -0.594. The van der Waals surface area contributed by atoms with Gasteiger partial charge in [0.05, 0.1) is 12.0 Å². The van der Waals surface area contributed by atoms with E-state index in [0.29, 0.717) is 12.3 Å². The van der Waals surface area contributed by atoms with Crippen LogP contribution in [0.15, 0.2) is 12.2 Å². The number of rotatable bonds is 2. The number of piperidine rings is 1. The Morgan fingerprint density at radius 3 is 2.50 bits per heavy atom. The number of carboxylic acids is 1. The molecule has 2 aliphatic rings. The molecule has 0 aromatic carbocycles. The normalized spacial score (nSPS) is 28.4. The van der Waals surface area contributed by atoms with Crippen LogP contribution in [0.3, 0.4) is 0 Å². The van der Waals surface area contributed by atoms with E-state index in [1.807, 2.05) is 4.90 Å². The SMILES string of the molecule is CC1CCN(C(=O)NC2C=CC(C(=O)O)C2)CC1. The van der Waals surface area contributed by atoms with E-state index < -0.39 is 11.9 Å². The quantitative estimate of drug-likeness (QED) is 0.731. The molecule has 100 valence electrons. The maximum atomic E-state index is 12.0. The van der Waals surface area contributed by atoms with Gasteiger partial charge in [0.2, 0.25) is 0 Å². The maximum absolute atomic E-state index is 12.0. The number of nitrogens with zero attached hydrogens (tertiary/aromatic N) is 1. The Labute approximate surface area is 107 Å². The summed E-state index contributed by atoms with van der Waals surface area (Å²) in [7, 11) is 0. The van der Waals surface area contributed by atoms with Crippen LogP contribution in [0.2, 0.25) is 0 Å². The molecule has 5 nitrogen and oxygen atoms in total. The van der Waals surface area contributed by atoms with Gasteiger partial charge in [-0.1, -0.05) is 19.1 Å². The number of carboxylic acid groups (broad SMARTS) is 1. The average Bonchev–Trinajstić information content (AvgIpc) is 2.78. The van der Waals surface area contributed by atoms with Crippen LogP contribution in [-0.4, -0.2) is 41.1 Å². The molecule has 0 aromatic rings. The van der Waals surface area contributed by atoms with E-state index in [9.17, 15) is 9.59 Å². The molecule has 0 saturated carbocycles. The van der Waals surface area contributed by atoms with Crippen molar-refractivity contribution in [1.29, 1.82) is 0 Å². The highest BCUT2D eigenvalue weighted by molar-refractivity contribution is 5.76. The Morgan fingerprint density at radius 2 is 1.94 bits per heavy atom. The summed E-state index contributed by atoms with van der Waals surface area (Å²) in [6.07, 6.45) is 6.00. The molecule has 2 rings (SSSR count). The second kappa shape index (κ2) is 5.42. The van der Waals surface area contributed by atoms with E-state index in [4.69, 9.17) is 5.11 Å². The highest BCUT2D eigenvalue weighted by Crippen LogP contribution is 2.19. The number of urea groups is 1. The zero-order valence-electron chi connectivity index (χ0n) is 10.6. The van der Waals surface area contributed by atoms with Crippen molar-refractivity contribution < 1.29 is 14.7 Å². The fourth-order valence-corrected chi connectivity index (χ4v) is 2.45. The van der Waals surface area contributed by atoms with Crippen molar-refractivity contribution >= 4 is 12.0 Å². The molecule has 2 unspecified atom stereocenters. The Hall–Kier alpha value is -1.52. The van der Waals surface area contributed by atoms with E-state index in [-0.39, 0.29) is 12.1 Å². The number of aliphatic carboxylic acids is 1. The van der Waals surface area contributed by atoms with Gasteiger partial charge < -0.3 is 15.3 Å². The second-order valence-corrected chi connectivity index (χ2v) is 5.29. The molecule has 1 fully saturated rings. The van der Waals surface area contributed by atoms with Crippen molar-refractivity contribution in [1.82, 2.24) is 10.2 Å². The third kappa shape index (κ3) is 3.03. The third-order valence-electron chi connectivity index (χ3n) is 3.78. The van der Waals surface area contributed by atoms with Crippen molar-refractivity contribution in [3.05, 3.63) is 12.2 Å². The molecule has 1 saturated heterocycles. The maximum Gasteiger partial charge on any atom is 0.317 e. The van der Waals surface area contributed by atoms with E-state index in [1.54, 1.807) is 12.2 Å². The third-order valence-corrected chi connectivity index (χ3v) is 3.78. The number of carbonyl (C=O) groups is 2. The van der Waals surface area contributed by atoms with E-state index in [1.165, 1.54) is 0 Å². The van der Waals surface area contributed by atoms with E-state index in [2.05, 4.69) is 12.2 Å². The van der Waals surface area contributed by atoms with Crippen LogP contribution in [0.25, 0.3) is 0 Å². The van der Waals surface area contributed by atoms with Crippen molar-refractivity contribution in [2.45, 2.75) is 32.2 Å². The van der Waals surface area contributed by atoms with Gasteiger partial charge in [0, 0.05) is 13.1 Å². The predicted octanol–water partition coefficient (Wildman–Crippen LogP) is 1.46. The van der Waals surface area contributed by atoms with Gasteiger partial charge in [0.15, 0.2) is 0 Å². The minimum Gasteiger partial charge on any atom is -0.481 e. The van der Waals surface area contributed by atoms with Gasteiger partial charge in [0.1, 0.15) is 0 Å². The first-order valence-electron chi connectivity index (χ1n) is 6.53. The molecule has 5 heteroatoms. The zero-order valence-corrected chi connectivity index (χ0v) is 10.6. The fourth-order valence-electron chi connectivity index (χ4n) is 2.45. The van der Waals surface area contributed by atoms with Crippen LogP contribution < -0.4 is 5.32 Å². The number of hydrogen-bond acceptors (Lipinski definition) is 2. The zero-order chi connectivity index (χ0) is 13.1. The van der Waals surface area contributed by atoms with Crippen molar-refractivity contribution in [3.8, 4) is 0 Å². The van der Waals surface area contributed by atoms with Gasteiger partial charge in [-0.2, -0.15) is 0 Å². The monoisotopic (exact) mass is 252 g/mol. The van der Waals surface area contributed by atoms with Crippen LogP contribution >= 0.6 is 0 Å². The molecule has 0 bridgehead atoms. The van der Waals surface area contributed by atoms with Crippen LogP contribution in [-0.2, 0) is 4.79 Å². The van der Waals surface area contributed by atoms with Gasteiger partial charge >= 0.3 is 12.0 Å². The number of hydrogen-bond donors (Lipinski definition) is 2. The molecule has 18 heavy (non-hydrogen) atoms. The van der Waals surface area contributed by atoms with Gasteiger partial charge in [-0.05, 0) is 25.2 Å². The lowest BCUT2D eigenvalue weighted by Crippen LogP contribution is -2.47. The average molecular weight is 252 g/mol. The molecular formula is C13H20N2O3. The summed E-state index contributed by atoms with van der Waals surface area (Å²) in [6, 6.07) is -0.208. The van der Waals surface area contributed by atoms with Crippen LogP contribution in [0.5, 0.6) is 0 Å². The first-order valence-corrected chi connectivity index (χ1v) is 6.53. The second-order valence-electron chi connectivity index (χ2n) is 5.29. The number of carbonyl (C=O) groups excluding carboxylic acids is 1. The Morgan fingerprint density at radius 1 is 1.28 bits per heavy atom. The van der Waals surface area contributed by atoms with Crippen molar-refractivity contribution in [2.75, 3.05) is 13.1 Å². The summed E-state index contributed by atoms with van der Waals surface area (Å²) < 4.78 is 0. The molecule has 2 atom stereocenters. The summed E-state index contributed by atoms with van der Waals surface area (Å²) >= 11 is 0. The summed E-state index contributed by atoms with van der Waals surface area (Å²) in [6.45, 7) is 3.80. The molecular weight excluding hydrogens is 232 g/mol. The summed E-state index contributed by atoms with van der Waals surface area (Å²) in [5.41, 5.74) is 0. The van der Waals surface area contributed by atoms with Crippen molar-refractivity contribution in [2.24, 2.45) is 11.8 Å². The summed E-state index contributed by atoms with van der Waals surface area (Å²) in [5, 5.41) is 11.8. The summed E-state index contributed by atoms with van der Waals surface area (Å²) in [4.78, 5) is 24.6. The minimum atomic E-state index is -0.824. The molecule has 0 spiro atoms. The largest absolute Gasteiger partial charge is 0.481 e. The first kappa shape index (κ1) is 12.9. The Kier molecular flexibility index (Phi) is 3.89. The highest BCUT2D eigenvalue weighted by Gasteiger charge is 2.27. The van der Waals surface area contributed by atoms with Gasteiger partial charge in [0.25, 0.3) is 0 Å². The lowest BCUT2D eigenvalue weighted by Gasteiger charge is -2.31. The Balaban J connectivity index is 1.79. The number of amides is 2. The van der Waals surface area contributed by atoms with Crippen LogP contribution in [0.1, 0.15) is 26.2 Å². The molecule has 1 aliphatic heterocycles. The Bertz CT molecular complexity index is 359. The molecule has 0 radical (unpaired) electrons. The van der Waals surface area contributed by atoms with Crippen molar-refractivity contribution in [3.63, 3.8) is 0 Å². The predicted molar refractivity (Wildman–Crippen MR) is 67.2 cm³/mol. The first-order chi connectivity index (χ1) is 8.56. The molecule has 1 heterocycles. The van der Waals surface area contributed by atoms with Crippen LogP contribution in [0, 0.1) is 11.8 Å². The molecule has 1 aliphatic carbocycles. The standard InChI is InChI=1S/C13H20N2O3/c1-9-4-6-15(7-5-9)13(18)14-11-3-2-10(8-11)12(16)17/h2-3,9-11H,4-8H2,1H3,(H,14,18)(H,16,17). The highest BCUT2D eigenvalue weighted by atomic mass is 16.4. The smallest absolute Gasteiger partial charge is 0.317 e.